The van der Waals surface area contributed by atoms with Gasteiger partial charge in [0.05, 0.1) is 25.2 Å². The van der Waals surface area contributed by atoms with Gasteiger partial charge in [0, 0.05) is 24.3 Å². The van der Waals surface area contributed by atoms with Gasteiger partial charge in [0.2, 0.25) is 0 Å². The molecule has 1 saturated heterocycles. The normalized spacial score (nSPS) is 22.6. The molecule has 18 heavy (non-hydrogen) atoms. The van der Waals surface area contributed by atoms with Crippen LogP contribution in [0.1, 0.15) is 11.1 Å². The first kappa shape index (κ1) is 11.7. The molecular formula is C12H13ClFN3O. The van der Waals surface area contributed by atoms with Crippen LogP contribution in [0, 0.1) is 5.82 Å². The standard InChI is InChI=1S/C12H13ClFN3O/c13-12-8-5-9(14)11(6-10(8)15-7-16-12)17-1-3-18-4-2-17/h5-7,12H,1-4H2,(H,15,16). The van der Waals surface area contributed by atoms with Gasteiger partial charge >= 0.3 is 0 Å². The van der Waals surface area contributed by atoms with Gasteiger partial charge in [-0.15, -0.1) is 0 Å². The lowest BCUT2D eigenvalue weighted by Crippen LogP contribution is -2.36. The SMILES string of the molecule is Fc1cc2c(cc1N1CCOCC1)NC=NC2Cl. The van der Waals surface area contributed by atoms with Gasteiger partial charge < -0.3 is 15.0 Å². The number of fused-ring (bicyclic) bond motifs is 1. The van der Waals surface area contributed by atoms with E-state index in [0.717, 1.165) is 5.69 Å². The molecule has 0 bridgehead atoms. The highest BCUT2D eigenvalue weighted by molar-refractivity contribution is 6.22. The first-order valence-electron chi connectivity index (χ1n) is 5.84. The Bertz CT molecular complexity index is 488. The maximum absolute atomic E-state index is 14.1. The second-order valence-corrected chi connectivity index (χ2v) is 4.66. The maximum Gasteiger partial charge on any atom is 0.152 e. The zero-order chi connectivity index (χ0) is 12.5. The summed E-state index contributed by atoms with van der Waals surface area (Å²) >= 11 is 6.02. The zero-order valence-corrected chi connectivity index (χ0v) is 10.5. The first-order valence-corrected chi connectivity index (χ1v) is 6.28. The second-order valence-electron chi connectivity index (χ2n) is 4.25. The van der Waals surface area contributed by atoms with Crippen LogP contribution in [0.25, 0.3) is 0 Å². The molecule has 3 rings (SSSR count). The number of morpholine rings is 1. The number of benzene rings is 1. The van der Waals surface area contributed by atoms with Gasteiger partial charge in [-0.3, -0.25) is 4.99 Å². The summed E-state index contributed by atoms with van der Waals surface area (Å²) in [6.45, 7) is 2.66. The van der Waals surface area contributed by atoms with Crippen LogP contribution in [0.3, 0.4) is 0 Å². The fraction of sp³-hybridized carbons (Fsp3) is 0.417. The lowest BCUT2D eigenvalue weighted by Gasteiger charge is -2.30. The third-order valence-electron chi connectivity index (χ3n) is 3.15. The van der Waals surface area contributed by atoms with Crippen LogP contribution >= 0.6 is 11.6 Å². The maximum atomic E-state index is 14.1. The number of nitrogens with one attached hydrogen (secondary N) is 1. The molecule has 4 nitrogen and oxygen atoms in total. The smallest absolute Gasteiger partial charge is 0.152 e. The summed E-state index contributed by atoms with van der Waals surface area (Å²) < 4.78 is 19.4. The Morgan fingerprint density at radius 1 is 1.39 bits per heavy atom. The average Bonchev–Trinajstić information content (AvgIpc) is 2.40. The number of alkyl halides is 1. The third-order valence-corrected chi connectivity index (χ3v) is 3.50. The van der Waals surface area contributed by atoms with Crippen molar-refractivity contribution >= 4 is 29.3 Å². The van der Waals surface area contributed by atoms with E-state index < -0.39 is 5.50 Å². The average molecular weight is 270 g/mol. The molecule has 0 spiro atoms. The van der Waals surface area contributed by atoms with Crippen molar-refractivity contribution in [2.24, 2.45) is 4.99 Å². The van der Waals surface area contributed by atoms with Crippen molar-refractivity contribution in [3.8, 4) is 0 Å². The van der Waals surface area contributed by atoms with E-state index in [1.165, 1.54) is 6.07 Å². The molecular weight excluding hydrogens is 257 g/mol. The van der Waals surface area contributed by atoms with Gasteiger partial charge in [-0.25, -0.2) is 4.39 Å². The fourth-order valence-corrected chi connectivity index (χ4v) is 2.44. The molecule has 96 valence electrons. The highest BCUT2D eigenvalue weighted by Crippen LogP contribution is 2.36. The number of aliphatic imine (C=N–C) groups is 1. The highest BCUT2D eigenvalue weighted by atomic mass is 35.5. The number of hydrogen-bond donors (Lipinski definition) is 1. The Kier molecular flexibility index (Phi) is 3.09. The fourth-order valence-electron chi connectivity index (χ4n) is 2.20. The van der Waals surface area contributed by atoms with Gasteiger partial charge in [-0.05, 0) is 12.1 Å². The summed E-state index contributed by atoms with van der Waals surface area (Å²) in [6, 6.07) is 3.25. The first-order chi connectivity index (χ1) is 8.75. The largest absolute Gasteiger partial charge is 0.378 e. The summed E-state index contributed by atoms with van der Waals surface area (Å²) in [4.78, 5) is 5.97. The monoisotopic (exact) mass is 269 g/mol. The van der Waals surface area contributed by atoms with Gasteiger partial charge in [0.25, 0.3) is 0 Å². The predicted octanol–water partition coefficient (Wildman–Crippen LogP) is 2.35. The number of rotatable bonds is 1. The highest BCUT2D eigenvalue weighted by Gasteiger charge is 2.21. The molecule has 0 aromatic heterocycles. The van der Waals surface area contributed by atoms with Crippen LogP contribution in [0.15, 0.2) is 17.1 Å². The Balaban J connectivity index is 1.97. The third kappa shape index (κ3) is 2.04. The molecule has 0 saturated carbocycles. The Labute approximate surface area is 109 Å². The van der Waals surface area contributed by atoms with E-state index in [2.05, 4.69) is 10.3 Å². The summed E-state index contributed by atoms with van der Waals surface area (Å²) in [5, 5.41) is 3.00. The van der Waals surface area contributed by atoms with Crippen molar-refractivity contribution in [1.82, 2.24) is 0 Å². The quantitative estimate of drug-likeness (QED) is 0.628. The van der Waals surface area contributed by atoms with E-state index in [-0.39, 0.29) is 5.82 Å². The summed E-state index contributed by atoms with van der Waals surface area (Å²) in [5.41, 5.74) is 1.56. The lowest BCUT2D eigenvalue weighted by atomic mass is 10.1. The Morgan fingerprint density at radius 3 is 2.94 bits per heavy atom. The molecule has 0 radical (unpaired) electrons. The Hall–Kier alpha value is -1.33. The van der Waals surface area contributed by atoms with Gasteiger partial charge in [-0.2, -0.15) is 0 Å². The van der Waals surface area contributed by atoms with E-state index in [1.807, 2.05) is 4.90 Å². The van der Waals surface area contributed by atoms with Gasteiger partial charge in [0.15, 0.2) is 5.50 Å². The molecule has 6 heteroatoms. The van der Waals surface area contributed by atoms with Crippen LogP contribution in [-0.4, -0.2) is 32.6 Å². The second kappa shape index (κ2) is 4.74. The molecule has 1 unspecified atom stereocenters. The molecule has 1 aromatic carbocycles. The molecule has 2 aliphatic rings. The molecule has 0 aliphatic carbocycles. The molecule has 1 fully saturated rings. The van der Waals surface area contributed by atoms with Gasteiger partial charge in [0.1, 0.15) is 5.82 Å². The summed E-state index contributed by atoms with van der Waals surface area (Å²) in [5.74, 6) is -0.264. The number of anilines is 2. The molecule has 0 amide bonds. The van der Waals surface area contributed by atoms with Crippen LogP contribution < -0.4 is 10.2 Å². The zero-order valence-electron chi connectivity index (χ0n) is 9.70. The van der Waals surface area contributed by atoms with Crippen molar-refractivity contribution in [2.45, 2.75) is 5.50 Å². The van der Waals surface area contributed by atoms with E-state index in [0.29, 0.717) is 37.6 Å². The lowest BCUT2D eigenvalue weighted by molar-refractivity contribution is 0.122. The van der Waals surface area contributed by atoms with Crippen LogP contribution in [0.4, 0.5) is 15.8 Å². The number of nitrogens with zero attached hydrogens (tertiary/aromatic N) is 2. The molecule has 1 atom stereocenters. The van der Waals surface area contributed by atoms with E-state index in [9.17, 15) is 4.39 Å². The number of hydrogen-bond acceptors (Lipinski definition) is 4. The summed E-state index contributed by atoms with van der Waals surface area (Å²) in [6.07, 6.45) is 1.54. The van der Waals surface area contributed by atoms with Crippen LogP contribution in [0.2, 0.25) is 0 Å². The topological polar surface area (TPSA) is 36.9 Å². The minimum atomic E-state index is -0.519. The number of ether oxygens (including phenoxy) is 1. The van der Waals surface area contributed by atoms with Crippen molar-refractivity contribution < 1.29 is 9.13 Å². The van der Waals surface area contributed by atoms with Crippen molar-refractivity contribution in [1.29, 1.82) is 0 Å². The number of halogens is 2. The van der Waals surface area contributed by atoms with E-state index in [4.69, 9.17) is 16.3 Å². The van der Waals surface area contributed by atoms with Crippen molar-refractivity contribution in [2.75, 3.05) is 36.5 Å². The predicted molar refractivity (Wildman–Crippen MR) is 70.1 cm³/mol. The van der Waals surface area contributed by atoms with Crippen molar-refractivity contribution in [3.63, 3.8) is 0 Å². The van der Waals surface area contributed by atoms with Crippen molar-refractivity contribution in [3.05, 3.63) is 23.5 Å². The minimum absolute atomic E-state index is 0.264. The molecule has 2 heterocycles. The van der Waals surface area contributed by atoms with Crippen LogP contribution in [0.5, 0.6) is 0 Å². The summed E-state index contributed by atoms with van der Waals surface area (Å²) in [7, 11) is 0. The van der Waals surface area contributed by atoms with Gasteiger partial charge in [-0.1, -0.05) is 11.6 Å². The Morgan fingerprint density at radius 2 is 2.17 bits per heavy atom. The van der Waals surface area contributed by atoms with Crippen LogP contribution in [-0.2, 0) is 4.74 Å². The molecule has 2 aliphatic heterocycles. The molecule has 1 aromatic rings. The van der Waals surface area contributed by atoms with E-state index >= 15 is 0 Å². The minimum Gasteiger partial charge on any atom is -0.378 e. The molecule has 1 N–H and O–H groups in total. The van der Waals surface area contributed by atoms with E-state index in [1.54, 1.807) is 12.4 Å².